The highest BCUT2D eigenvalue weighted by Gasteiger charge is 2.38. The second-order valence-electron chi connectivity index (χ2n) is 7.23. The van der Waals surface area contributed by atoms with Gasteiger partial charge >= 0.3 is 0 Å². The molecule has 1 N–H and O–H groups in total. The molecule has 1 amide bonds. The van der Waals surface area contributed by atoms with Gasteiger partial charge in [-0.2, -0.15) is 10.5 Å². The van der Waals surface area contributed by atoms with E-state index in [1.54, 1.807) is 11.1 Å². The molecule has 0 aromatic carbocycles. The van der Waals surface area contributed by atoms with Gasteiger partial charge in [-0.25, -0.2) is 0 Å². The molecule has 0 spiro atoms. The summed E-state index contributed by atoms with van der Waals surface area (Å²) in [6.07, 6.45) is 14.0. The number of aliphatic imine (C=N–C) groups is 1. The van der Waals surface area contributed by atoms with Crippen molar-refractivity contribution in [2.24, 2.45) is 4.99 Å². The van der Waals surface area contributed by atoms with Gasteiger partial charge in [0.25, 0.3) is 0 Å². The minimum absolute atomic E-state index is 0.109. The number of nitrogens with zero attached hydrogens (tertiary/aromatic N) is 5. The van der Waals surface area contributed by atoms with Crippen LogP contribution in [0.5, 0.6) is 0 Å². The molecule has 0 radical (unpaired) electrons. The zero-order valence-electron chi connectivity index (χ0n) is 15.3. The number of carbonyl (C=O) groups excluding carboxylic acids is 1. The second-order valence-corrected chi connectivity index (χ2v) is 7.23. The lowest BCUT2D eigenvalue weighted by Crippen LogP contribution is -2.55. The average Bonchev–Trinajstić information content (AvgIpc) is 3.16. The monoisotopic (exact) mass is 364 g/mol. The molecule has 0 saturated carbocycles. The lowest BCUT2D eigenvalue weighted by atomic mass is 9.92. The summed E-state index contributed by atoms with van der Waals surface area (Å²) < 4.78 is 0. The van der Waals surface area contributed by atoms with Gasteiger partial charge in [0.2, 0.25) is 5.91 Å². The molecule has 1 unspecified atom stereocenters. The first-order valence-corrected chi connectivity index (χ1v) is 9.38. The third-order valence-electron chi connectivity index (χ3n) is 5.71. The summed E-state index contributed by atoms with van der Waals surface area (Å²) in [6.45, 7) is 2.21. The molecule has 2 fully saturated rings. The molecule has 0 aromatic heterocycles. The van der Waals surface area contributed by atoms with Crippen LogP contribution in [0, 0.1) is 35.0 Å². The summed E-state index contributed by atoms with van der Waals surface area (Å²) in [4.78, 5) is 20.5. The maximum Gasteiger partial charge on any atom is 0.238 e. The molecule has 2 saturated heterocycles. The molecule has 3 atom stereocenters. The van der Waals surface area contributed by atoms with Crippen LogP contribution in [0.1, 0.15) is 25.7 Å². The van der Waals surface area contributed by atoms with Crippen molar-refractivity contribution in [3.05, 3.63) is 12.2 Å². The van der Waals surface area contributed by atoms with Crippen molar-refractivity contribution in [1.82, 2.24) is 15.1 Å². The highest BCUT2D eigenvalue weighted by atomic mass is 16.2. The molecule has 3 aliphatic heterocycles. The molecule has 0 aromatic rings. The Morgan fingerprint density at radius 3 is 2.59 bits per heavy atom. The molecule has 0 aliphatic carbocycles. The van der Waals surface area contributed by atoms with Crippen LogP contribution >= 0.6 is 0 Å². The molecule has 7 nitrogen and oxygen atoms in total. The van der Waals surface area contributed by atoms with E-state index in [9.17, 15) is 15.3 Å². The highest BCUT2D eigenvalue weighted by molar-refractivity contribution is 5.80. The van der Waals surface area contributed by atoms with Crippen LogP contribution in [0.15, 0.2) is 17.1 Å². The van der Waals surface area contributed by atoms with Crippen molar-refractivity contribution in [3.63, 3.8) is 0 Å². The number of rotatable bonds is 4. The Bertz CT molecular complexity index is 724. The Morgan fingerprint density at radius 2 is 2.00 bits per heavy atom. The summed E-state index contributed by atoms with van der Waals surface area (Å²) in [5.41, 5.74) is -0.648. The number of allylic oxidation sites excluding steroid dienone is 1. The zero-order chi connectivity index (χ0) is 19.3. The quantitative estimate of drug-likeness (QED) is 0.731. The molecule has 0 bridgehead atoms. The molecule has 140 valence electrons. The number of dihydropyridines is 1. The molecular formula is C20H24N6O. The Morgan fingerprint density at radius 1 is 1.26 bits per heavy atom. The second kappa shape index (κ2) is 8.35. The SMILES string of the molecule is C#C[C@H]1CC[C@@H](C#N)N1C(=O)CNC1CCN(C2(C#N)C=CC=NC2)CC1. The molecule has 27 heavy (non-hydrogen) atoms. The number of hydrogen-bond acceptors (Lipinski definition) is 6. The number of amides is 1. The largest absolute Gasteiger partial charge is 0.312 e. The van der Waals surface area contributed by atoms with Gasteiger partial charge < -0.3 is 10.2 Å². The van der Waals surface area contributed by atoms with Gasteiger partial charge in [-0.15, -0.1) is 6.42 Å². The van der Waals surface area contributed by atoms with E-state index in [2.05, 4.69) is 33.3 Å². The Balaban J connectivity index is 1.50. The summed E-state index contributed by atoms with van der Waals surface area (Å²) in [5.74, 6) is 2.51. The molecule has 3 rings (SSSR count). The number of hydrogen-bond donors (Lipinski definition) is 1. The lowest BCUT2D eigenvalue weighted by molar-refractivity contribution is -0.131. The van der Waals surface area contributed by atoms with Crippen LogP contribution in [-0.2, 0) is 4.79 Å². The number of likely N-dealkylation sites (tertiary alicyclic amines) is 2. The van der Waals surface area contributed by atoms with Crippen LogP contribution in [0.25, 0.3) is 0 Å². The fraction of sp³-hybridized carbons (Fsp3) is 0.600. The first-order valence-electron chi connectivity index (χ1n) is 9.38. The van der Waals surface area contributed by atoms with Gasteiger partial charge in [0.1, 0.15) is 11.6 Å². The van der Waals surface area contributed by atoms with E-state index in [1.165, 1.54) is 0 Å². The topological polar surface area (TPSA) is 95.5 Å². The van der Waals surface area contributed by atoms with Gasteiger partial charge in [-0.05, 0) is 37.8 Å². The first kappa shape index (κ1) is 19.1. The maximum atomic E-state index is 12.6. The average molecular weight is 364 g/mol. The van der Waals surface area contributed by atoms with Crippen molar-refractivity contribution in [2.75, 3.05) is 26.2 Å². The van der Waals surface area contributed by atoms with Gasteiger partial charge in [0.15, 0.2) is 0 Å². The van der Waals surface area contributed by atoms with Crippen LogP contribution in [-0.4, -0.2) is 71.8 Å². The van der Waals surface area contributed by atoms with Crippen LogP contribution in [0.4, 0.5) is 0 Å². The predicted octanol–water partition coefficient (Wildman–Crippen LogP) is 0.460. The van der Waals surface area contributed by atoms with Crippen molar-refractivity contribution in [3.8, 4) is 24.5 Å². The van der Waals surface area contributed by atoms with E-state index in [0.717, 1.165) is 25.9 Å². The van der Waals surface area contributed by atoms with E-state index in [1.807, 2.05) is 12.2 Å². The summed E-state index contributed by atoms with van der Waals surface area (Å²) in [5, 5.41) is 22.2. The summed E-state index contributed by atoms with van der Waals surface area (Å²) in [7, 11) is 0. The van der Waals surface area contributed by atoms with E-state index >= 15 is 0 Å². The number of terminal acetylenes is 1. The van der Waals surface area contributed by atoms with E-state index in [0.29, 0.717) is 19.4 Å². The fourth-order valence-electron chi connectivity index (χ4n) is 4.11. The summed E-state index contributed by atoms with van der Waals surface area (Å²) in [6, 6.07) is 4.10. The maximum absolute atomic E-state index is 12.6. The van der Waals surface area contributed by atoms with Gasteiger partial charge in [0, 0.05) is 25.3 Å². The number of nitrogens with one attached hydrogen (secondary N) is 1. The first-order chi connectivity index (χ1) is 13.1. The lowest BCUT2D eigenvalue weighted by Gasteiger charge is -2.41. The van der Waals surface area contributed by atoms with E-state index in [-0.39, 0.29) is 24.5 Å². The van der Waals surface area contributed by atoms with Crippen LogP contribution in [0.3, 0.4) is 0 Å². The predicted molar refractivity (Wildman–Crippen MR) is 102 cm³/mol. The van der Waals surface area contributed by atoms with Crippen LogP contribution in [0.2, 0.25) is 0 Å². The minimum atomic E-state index is -0.648. The van der Waals surface area contributed by atoms with Crippen molar-refractivity contribution >= 4 is 12.1 Å². The molecule has 3 heterocycles. The van der Waals surface area contributed by atoms with Crippen molar-refractivity contribution < 1.29 is 4.79 Å². The van der Waals surface area contributed by atoms with Crippen molar-refractivity contribution in [1.29, 1.82) is 10.5 Å². The summed E-state index contributed by atoms with van der Waals surface area (Å²) >= 11 is 0. The van der Waals surface area contributed by atoms with Gasteiger partial charge in [-0.3, -0.25) is 14.7 Å². The number of piperidine rings is 1. The molecule has 7 heteroatoms. The third-order valence-corrected chi connectivity index (χ3v) is 5.71. The Kier molecular flexibility index (Phi) is 5.91. The number of nitriles is 2. The zero-order valence-corrected chi connectivity index (χ0v) is 15.3. The normalized spacial score (nSPS) is 31.2. The van der Waals surface area contributed by atoms with Crippen LogP contribution < -0.4 is 5.32 Å². The van der Waals surface area contributed by atoms with E-state index in [4.69, 9.17) is 6.42 Å². The van der Waals surface area contributed by atoms with Crippen molar-refractivity contribution in [2.45, 2.75) is 49.3 Å². The smallest absolute Gasteiger partial charge is 0.238 e. The highest BCUT2D eigenvalue weighted by Crippen LogP contribution is 2.25. The Labute approximate surface area is 160 Å². The van der Waals surface area contributed by atoms with E-state index < -0.39 is 11.6 Å². The van der Waals surface area contributed by atoms with Gasteiger partial charge in [-0.1, -0.05) is 5.92 Å². The number of carbonyl (C=O) groups is 1. The third kappa shape index (κ3) is 3.88. The Hall–Kier alpha value is -2.66. The standard InChI is InChI=1S/C20H24N6O/c1-2-17-4-5-18(12-21)26(17)19(27)13-24-16-6-10-25(11-7-16)20(14-22)8-3-9-23-15-20/h1,3,8-9,16-18,24H,4-7,10-11,13,15H2/t17-,18-,20?/m0/s1. The minimum Gasteiger partial charge on any atom is -0.312 e. The fourth-order valence-corrected chi connectivity index (χ4v) is 4.11. The molecular weight excluding hydrogens is 340 g/mol. The van der Waals surface area contributed by atoms with Gasteiger partial charge in [0.05, 0.1) is 31.3 Å². The molecule has 3 aliphatic rings.